The minimum Gasteiger partial charge on any atom is -0.317 e. The molecule has 0 N–H and O–H groups in total. The van der Waals surface area contributed by atoms with Gasteiger partial charge in [0.2, 0.25) is 0 Å². The molecule has 0 aromatic heterocycles. The molecule has 0 fully saturated rings. The van der Waals surface area contributed by atoms with Crippen LogP contribution in [0.15, 0.2) is 128 Å². The lowest BCUT2D eigenvalue weighted by Crippen LogP contribution is -2.37. The summed E-state index contributed by atoms with van der Waals surface area (Å²) in [6, 6.07) is 44.9. The number of anilines is 2. The summed E-state index contributed by atoms with van der Waals surface area (Å²) < 4.78 is 0. The molecule has 250 valence electrons. The average Bonchev–Trinajstić information content (AvgIpc) is 3.07. The molecule has 0 aliphatic heterocycles. The fourth-order valence-corrected chi connectivity index (χ4v) is 9.14. The molecule has 0 bridgehead atoms. The van der Waals surface area contributed by atoms with Crippen molar-refractivity contribution in [2.75, 3.05) is 4.90 Å². The maximum atomic E-state index is 2.39. The number of hydrogen-bond donors (Lipinski definition) is 0. The van der Waals surface area contributed by atoms with Gasteiger partial charge in [-0.25, -0.2) is 0 Å². The second-order valence-electron chi connectivity index (χ2n) is 16.2. The summed E-state index contributed by atoms with van der Waals surface area (Å²) in [6.45, 7) is 21.5. The van der Waals surface area contributed by atoms with Crippen molar-refractivity contribution in [3.63, 3.8) is 0 Å². The zero-order chi connectivity index (χ0) is 35.2. The van der Waals surface area contributed by atoms with Gasteiger partial charge < -0.3 is 4.90 Å². The Hall–Kier alpha value is -4.23. The monoisotopic (exact) mass is 691 g/mol. The molecule has 5 aromatic rings. The highest BCUT2D eigenvalue weighted by atomic mass is 28.3. The predicted molar refractivity (Wildman–Crippen MR) is 230 cm³/mol. The van der Waals surface area contributed by atoms with Crippen LogP contribution in [0.25, 0.3) is 30.4 Å². The van der Waals surface area contributed by atoms with Crippen molar-refractivity contribution in [2.45, 2.75) is 58.9 Å². The van der Waals surface area contributed by atoms with Crippen molar-refractivity contribution in [3.05, 3.63) is 155 Å². The smallest absolute Gasteiger partial charge is 0.0775 e. The molecule has 0 aliphatic carbocycles. The zero-order valence-corrected chi connectivity index (χ0v) is 34.0. The lowest BCUT2D eigenvalue weighted by Gasteiger charge is -2.21. The Morgan fingerprint density at radius 1 is 0.306 bits per heavy atom. The van der Waals surface area contributed by atoms with Gasteiger partial charge in [0.1, 0.15) is 0 Å². The van der Waals surface area contributed by atoms with Gasteiger partial charge in [0, 0.05) is 17.6 Å². The first kappa shape index (κ1) is 36.1. The van der Waals surface area contributed by atoms with E-state index < -0.39 is 24.2 Å². The molecule has 1 nitrogen and oxygen atoms in total. The van der Waals surface area contributed by atoms with E-state index in [-0.39, 0.29) is 0 Å². The minimum absolute atomic E-state index is 1.12. The molecule has 5 aromatic carbocycles. The fourth-order valence-electron chi connectivity index (χ4n) is 5.64. The normalized spacial score (nSPS) is 12.8. The molecule has 4 heteroatoms. The Balaban J connectivity index is 1.37. The maximum absolute atomic E-state index is 2.39. The average molecular weight is 692 g/mol. The number of rotatable bonds is 11. The van der Waals surface area contributed by atoms with E-state index in [9.17, 15) is 0 Å². The van der Waals surface area contributed by atoms with E-state index >= 15 is 0 Å². The van der Waals surface area contributed by atoms with Crippen molar-refractivity contribution in [1.82, 2.24) is 0 Å². The summed E-state index contributed by atoms with van der Waals surface area (Å²) in [7, 11) is -3.92. The summed E-state index contributed by atoms with van der Waals surface area (Å²) in [5.74, 6) is 0. The molecule has 0 amide bonds. The number of hydrogen-bond acceptors (Lipinski definition) is 1. The quantitative estimate of drug-likeness (QED) is 0.0984. The van der Waals surface area contributed by atoms with Gasteiger partial charge >= 0.3 is 0 Å². The van der Waals surface area contributed by atoms with E-state index in [1.807, 2.05) is 0 Å². The van der Waals surface area contributed by atoms with Crippen LogP contribution in [-0.4, -0.2) is 24.2 Å². The highest BCUT2D eigenvalue weighted by Gasteiger charge is 2.17. The molecular weight excluding hydrogens is 639 g/mol. The van der Waals surface area contributed by atoms with Crippen LogP contribution in [-0.2, 0) is 0 Å². The Bertz CT molecular complexity index is 1780. The Morgan fingerprint density at radius 3 is 0.776 bits per heavy atom. The molecule has 0 unspecified atom stereocenters. The zero-order valence-electron chi connectivity index (χ0n) is 31.0. The van der Waals surface area contributed by atoms with Gasteiger partial charge in [0.15, 0.2) is 0 Å². The first-order valence-corrected chi connectivity index (χ1v) is 28.0. The van der Waals surface area contributed by atoms with E-state index in [2.05, 4.69) is 222 Å². The molecule has 0 heterocycles. The van der Waals surface area contributed by atoms with Gasteiger partial charge in [0.25, 0.3) is 0 Å². The highest BCUT2D eigenvalue weighted by Crippen LogP contribution is 2.28. The fraction of sp³-hybridized carbons (Fsp3) is 0.200. The Morgan fingerprint density at radius 2 is 0.531 bits per heavy atom. The minimum atomic E-state index is -1.34. The van der Waals surface area contributed by atoms with Gasteiger partial charge in [-0.05, 0) is 58.2 Å². The molecular formula is C45H53NSi3. The molecule has 0 radical (unpaired) electrons. The lowest BCUT2D eigenvalue weighted by molar-refractivity contribution is 1.29. The van der Waals surface area contributed by atoms with Gasteiger partial charge in [0.05, 0.1) is 24.2 Å². The van der Waals surface area contributed by atoms with Crippen molar-refractivity contribution < 1.29 is 0 Å². The first-order chi connectivity index (χ1) is 23.1. The number of benzene rings is 5. The van der Waals surface area contributed by atoms with Crippen molar-refractivity contribution in [3.8, 4) is 0 Å². The third-order valence-corrected chi connectivity index (χ3v) is 15.2. The molecule has 0 saturated heterocycles. The summed E-state index contributed by atoms with van der Waals surface area (Å²) >= 11 is 0. The van der Waals surface area contributed by atoms with Crippen molar-refractivity contribution >= 4 is 81.5 Å². The third-order valence-electron chi connectivity index (χ3n) is 9.03. The van der Waals surface area contributed by atoms with E-state index in [4.69, 9.17) is 0 Å². The molecule has 49 heavy (non-hydrogen) atoms. The lowest BCUT2D eigenvalue weighted by atomic mass is 10.1. The second-order valence-corrected chi connectivity index (χ2v) is 31.4. The van der Waals surface area contributed by atoms with Crippen LogP contribution in [0.2, 0.25) is 58.9 Å². The van der Waals surface area contributed by atoms with Gasteiger partial charge in [-0.15, -0.1) is 0 Å². The van der Waals surface area contributed by atoms with Crippen LogP contribution >= 0.6 is 0 Å². The molecule has 0 aliphatic rings. The Labute approximate surface area is 299 Å². The van der Waals surface area contributed by atoms with Crippen LogP contribution < -0.4 is 20.5 Å². The topological polar surface area (TPSA) is 3.24 Å². The first-order valence-electron chi connectivity index (χ1n) is 17.5. The Kier molecular flexibility index (Phi) is 11.1. The van der Waals surface area contributed by atoms with E-state index in [0.717, 1.165) is 11.4 Å². The van der Waals surface area contributed by atoms with Crippen LogP contribution in [0.4, 0.5) is 11.4 Å². The predicted octanol–water partition coefficient (Wildman–Crippen LogP) is 11.5. The van der Waals surface area contributed by atoms with Gasteiger partial charge in [-0.2, -0.15) is 0 Å². The van der Waals surface area contributed by atoms with E-state index in [1.54, 1.807) is 0 Å². The van der Waals surface area contributed by atoms with Crippen molar-refractivity contribution in [2.24, 2.45) is 0 Å². The summed E-state index contributed by atoms with van der Waals surface area (Å²) in [5.41, 5.74) is 8.27. The van der Waals surface area contributed by atoms with E-state index in [0.29, 0.717) is 0 Å². The standard InChI is InChI=1S/C45H53NSi3/c1-47(2,3)43-28-18-38(19-29-43)12-10-36-14-24-41(25-15-36)46(35-34-40-22-32-45(33-23-40)49(7,8)9)42-26-16-37(17-27-42)11-13-39-20-30-44(31-21-39)48(4,5)6/h10-35H,1-9H3/b12-10+,13-11+,35-34+. The molecule has 0 saturated carbocycles. The largest absolute Gasteiger partial charge is 0.317 e. The summed E-state index contributed by atoms with van der Waals surface area (Å²) in [5, 5.41) is 4.46. The summed E-state index contributed by atoms with van der Waals surface area (Å²) in [4.78, 5) is 2.28. The second kappa shape index (κ2) is 15.1. The highest BCUT2D eigenvalue weighted by molar-refractivity contribution is 6.89. The molecule has 0 spiro atoms. The maximum Gasteiger partial charge on any atom is 0.0775 e. The molecule has 0 atom stereocenters. The SMILES string of the molecule is C[Si](C)(C)c1ccc(/C=C/c2ccc(N(/C=C/c3ccc([Si](C)(C)C)cc3)c3ccc(/C=C/c4ccc([Si](C)(C)C)cc4)cc3)cc2)cc1. The van der Waals surface area contributed by atoms with Crippen LogP contribution in [0, 0.1) is 0 Å². The van der Waals surface area contributed by atoms with Crippen molar-refractivity contribution in [1.29, 1.82) is 0 Å². The number of nitrogens with zero attached hydrogens (tertiary/aromatic N) is 1. The van der Waals surface area contributed by atoms with E-state index in [1.165, 1.54) is 43.4 Å². The molecule has 5 rings (SSSR count). The third kappa shape index (κ3) is 10.1. The van der Waals surface area contributed by atoms with Gasteiger partial charge in [-0.1, -0.05) is 196 Å². The van der Waals surface area contributed by atoms with Crippen LogP contribution in [0.3, 0.4) is 0 Å². The van der Waals surface area contributed by atoms with Gasteiger partial charge in [-0.3, -0.25) is 0 Å². The summed E-state index contributed by atoms with van der Waals surface area (Å²) in [6.07, 6.45) is 13.2. The van der Waals surface area contributed by atoms with Crippen LogP contribution in [0.5, 0.6) is 0 Å². The van der Waals surface area contributed by atoms with Crippen LogP contribution in [0.1, 0.15) is 27.8 Å².